The average molecular weight is 267 g/mol. The van der Waals surface area contributed by atoms with Crippen LogP contribution in [0.2, 0.25) is 24.7 Å². The molecule has 0 spiro atoms. The van der Waals surface area contributed by atoms with Gasteiger partial charge in [0.1, 0.15) is 0 Å². The van der Waals surface area contributed by atoms with Crippen molar-refractivity contribution in [3.05, 3.63) is 0 Å². The maximum atomic E-state index is 11.7. The minimum absolute atomic E-state index is 0.212. The minimum atomic E-state index is -1.28. The summed E-state index contributed by atoms with van der Waals surface area (Å²) >= 11 is 0. The number of carbonyl (C=O) groups excluding carboxylic acids is 1. The number of carbonyl (C=O) groups is 1. The van der Waals surface area contributed by atoms with Gasteiger partial charge in [-0.05, 0) is 19.4 Å². The Labute approximate surface area is 112 Å². The van der Waals surface area contributed by atoms with Crippen molar-refractivity contribution in [2.75, 3.05) is 6.61 Å². The molecule has 0 aromatic rings. The van der Waals surface area contributed by atoms with Crippen molar-refractivity contribution < 1.29 is 9.53 Å². The van der Waals surface area contributed by atoms with Crippen LogP contribution in [0, 0.1) is 16.7 Å². The van der Waals surface area contributed by atoms with Gasteiger partial charge in [-0.1, -0.05) is 38.4 Å². The van der Waals surface area contributed by atoms with E-state index in [-0.39, 0.29) is 12.4 Å². The fourth-order valence-electron chi connectivity index (χ4n) is 3.18. The maximum absolute atomic E-state index is 11.7. The molecule has 0 aromatic heterocycles. The lowest BCUT2D eigenvalue weighted by atomic mass is 9.85. The summed E-state index contributed by atoms with van der Waals surface area (Å²) in [5.41, 5.74) is -0.475. The van der Waals surface area contributed by atoms with Gasteiger partial charge >= 0.3 is 5.97 Å². The van der Waals surface area contributed by atoms with Crippen LogP contribution in [0.3, 0.4) is 0 Å². The highest BCUT2D eigenvalue weighted by molar-refractivity contribution is 6.79. The van der Waals surface area contributed by atoms with E-state index in [4.69, 9.17) is 4.74 Å². The molecule has 3 nitrogen and oxygen atoms in total. The third-order valence-corrected chi connectivity index (χ3v) is 8.93. The molecule has 1 heterocycles. The number of esters is 1. The van der Waals surface area contributed by atoms with E-state index in [2.05, 4.69) is 12.6 Å². The zero-order valence-corrected chi connectivity index (χ0v) is 12.9. The van der Waals surface area contributed by atoms with Crippen LogP contribution in [-0.2, 0) is 9.53 Å². The quantitative estimate of drug-likeness (QED) is 0.544. The van der Waals surface area contributed by atoms with Crippen molar-refractivity contribution in [1.29, 1.82) is 5.26 Å². The van der Waals surface area contributed by atoms with E-state index in [0.29, 0.717) is 6.61 Å². The molecule has 1 unspecified atom stereocenters. The van der Waals surface area contributed by atoms with Gasteiger partial charge in [-0.3, -0.25) is 4.79 Å². The molecule has 0 N–H and O–H groups in total. The SMILES string of the molecule is CCOC(=O)CC(C#N)(CC)C[Si]1(C)CCCC1. The first-order valence-corrected chi connectivity index (χ1v) is 10.2. The van der Waals surface area contributed by atoms with Gasteiger partial charge in [0.15, 0.2) is 0 Å². The molecule has 1 aliphatic heterocycles. The summed E-state index contributed by atoms with van der Waals surface area (Å²) in [7, 11) is -1.28. The molecule has 102 valence electrons. The normalized spacial score (nSPS) is 21.0. The summed E-state index contributed by atoms with van der Waals surface area (Å²) < 4.78 is 5.02. The zero-order valence-electron chi connectivity index (χ0n) is 11.9. The third-order valence-electron chi connectivity index (χ3n) is 4.28. The molecular weight excluding hydrogens is 242 g/mol. The number of ether oxygens (including phenoxy) is 1. The Balaban J connectivity index is 2.73. The van der Waals surface area contributed by atoms with Crippen LogP contribution in [0.25, 0.3) is 0 Å². The van der Waals surface area contributed by atoms with Gasteiger partial charge in [0.05, 0.1) is 32.6 Å². The molecule has 0 aromatic carbocycles. The van der Waals surface area contributed by atoms with E-state index in [1.165, 1.54) is 24.9 Å². The van der Waals surface area contributed by atoms with Gasteiger partial charge in [-0.15, -0.1) is 0 Å². The Bertz CT molecular complexity index is 331. The Morgan fingerprint density at radius 2 is 2.00 bits per heavy atom. The van der Waals surface area contributed by atoms with Crippen LogP contribution >= 0.6 is 0 Å². The summed E-state index contributed by atoms with van der Waals surface area (Å²) in [6.45, 7) is 6.63. The van der Waals surface area contributed by atoms with Crippen LogP contribution in [0.4, 0.5) is 0 Å². The van der Waals surface area contributed by atoms with E-state index in [1.807, 2.05) is 13.8 Å². The van der Waals surface area contributed by atoms with E-state index in [9.17, 15) is 10.1 Å². The van der Waals surface area contributed by atoms with Crippen LogP contribution in [-0.4, -0.2) is 20.7 Å². The molecule has 4 heteroatoms. The van der Waals surface area contributed by atoms with Crippen LogP contribution in [0.1, 0.15) is 39.5 Å². The summed E-state index contributed by atoms with van der Waals surface area (Å²) in [5.74, 6) is -0.212. The van der Waals surface area contributed by atoms with E-state index < -0.39 is 13.5 Å². The Morgan fingerprint density at radius 3 is 2.44 bits per heavy atom. The lowest BCUT2D eigenvalue weighted by molar-refractivity contribution is -0.144. The predicted molar refractivity (Wildman–Crippen MR) is 74.9 cm³/mol. The molecule has 1 rings (SSSR count). The van der Waals surface area contributed by atoms with Crippen LogP contribution in [0.5, 0.6) is 0 Å². The second-order valence-electron chi connectivity index (χ2n) is 5.92. The molecular formula is C14H25NO2Si. The number of nitriles is 1. The largest absolute Gasteiger partial charge is 0.466 e. The fraction of sp³-hybridized carbons (Fsp3) is 0.857. The summed E-state index contributed by atoms with van der Waals surface area (Å²) in [4.78, 5) is 11.7. The van der Waals surface area contributed by atoms with Gasteiger partial charge in [0.25, 0.3) is 0 Å². The van der Waals surface area contributed by atoms with Gasteiger partial charge in [0.2, 0.25) is 0 Å². The molecule has 0 radical (unpaired) electrons. The molecule has 18 heavy (non-hydrogen) atoms. The molecule has 0 amide bonds. The van der Waals surface area contributed by atoms with Gasteiger partial charge in [0, 0.05) is 0 Å². The van der Waals surface area contributed by atoms with Crippen molar-refractivity contribution in [2.45, 2.75) is 64.2 Å². The third kappa shape index (κ3) is 3.84. The molecule has 1 saturated heterocycles. The highest BCUT2D eigenvalue weighted by atomic mass is 28.3. The summed E-state index contributed by atoms with van der Waals surface area (Å²) in [5, 5.41) is 9.53. The maximum Gasteiger partial charge on any atom is 0.307 e. The molecule has 0 aliphatic carbocycles. The highest BCUT2D eigenvalue weighted by Gasteiger charge is 2.42. The predicted octanol–water partition coefficient (Wildman–Crippen LogP) is 3.73. The number of hydrogen-bond acceptors (Lipinski definition) is 3. The molecule has 1 fully saturated rings. The highest BCUT2D eigenvalue weighted by Crippen LogP contribution is 2.43. The topological polar surface area (TPSA) is 50.1 Å². The van der Waals surface area contributed by atoms with E-state index in [1.54, 1.807) is 0 Å². The van der Waals surface area contributed by atoms with E-state index >= 15 is 0 Å². The summed E-state index contributed by atoms with van der Waals surface area (Å²) in [6.07, 6.45) is 3.65. The standard InChI is InChI=1S/C14H25NO2Si/c1-4-14(11-15,10-13(16)17-5-2)12-18(3)8-6-7-9-18/h4-10,12H2,1-3H3. The Kier molecular flexibility index (Phi) is 5.40. The molecule has 0 bridgehead atoms. The first-order chi connectivity index (χ1) is 8.49. The zero-order chi connectivity index (χ0) is 13.6. The van der Waals surface area contributed by atoms with Crippen molar-refractivity contribution in [1.82, 2.24) is 0 Å². The van der Waals surface area contributed by atoms with Crippen LogP contribution < -0.4 is 0 Å². The Morgan fingerprint density at radius 1 is 1.39 bits per heavy atom. The fourth-order valence-corrected chi connectivity index (χ4v) is 8.08. The number of hydrogen-bond donors (Lipinski definition) is 0. The monoisotopic (exact) mass is 267 g/mol. The van der Waals surface area contributed by atoms with Gasteiger partial charge < -0.3 is 4.74 Å². The molecule has 1 aliphatic rings. The van der Waals surface area contributed by atoms with E-state index in [0.717, 1.165) is 12.5 Å². The minimum Gasteiger partial charge on any atom is -0.466 e. The Hall–Kier alpha value is -0.823. The van der Waals surface area contributed by atoms with Gasteiger partial charge in [-0.2, -0.15) is 5.26 Å². The van der Waals surface area contributed by atoms with Crippen molar-refractivity contribution >= 4 is 14.0 Å². The van der Waals surface area contributed by atoms with Crippen LogP contribution in [0.15, 0.2) is 0 Å². The second-order valence-corrected chi connectivity index (χ2v) is 10.9. The molecule has 1 atom stereocenters. The number of rotatable bonds is 6. The first-order valence-electron chi connectivity index (χ1n) is 7.06. The van der Waals surface area contributed by atoms with Gasteiger partial charge in [-0.25, -0.2) is 0 Å². The molecule has 0 saturated carbocycles. The average Bonchev–Trinajstić information content (AvgIpc) is 2.75. The van der Waals surface area contributed by atoms with Crippen molar-refractivity contribution in [3.63, 3.8) is 0 Å². The summed E-state index contributed by atoms with van der Waals surface area (Å²) in [6, 6.07) is 6.04. The second kappa shape index (κ2) is 6.37. The lowest BCUT2D eigenvalue weighted by Gasteiger charge is -2.32. The lowest BCUT2D eigenvalue weighted by Crippen LogP contribution is -2.36. The first kappa shape index (κ1) is 15.2. The smallest absolute Gasteiger partial charge is 0.307 e. The van der Waals surface area contributed by atoms with Crippen molar-refractivity contribution in [3.8, 4) is 6.07 Å². The van der Waals surface area contributed by atoms with Crippen molar-refractivity contribution in [2.24, 2.45) is 5.41 Å². The number of nitrogens with zero attached hydrogens (tertiary/aromatic N) is 1.